The molecule has 4 nitrogen and oxygen atoms in total. The van der Waals surface area contributed by atoms with Gasteiger partial charge in [0.15, 0.2) is 0 Å². The topological polar surface area (TPSA) is 46.9 Å². The van der Waals surface area contributed by atoms with E-state index in [2.05, 4.69) is 21.9 Å². The fraction of sp³-hybridized carbons (Fsp3) is 0.556. The van der Waals surface area contributed by atoms with E-state index in [1.54, 1.807) is 11.3 Å². The lowest BCUT2D eigenvalue weighted by atomic mass is 9.86. The van der Waals surface area contributed by atoms with Gasteiger partial charge in [-0.15, -0.1) is 11.3 Å². The smallest absolute Gasteiger partial charge is 0.220 e. The maximum atomic E-state index is 11.9. The lowest BCUT2D eigenvalue weighted by Gasteiger charge is -2.20. The van der Waals surface area contributed by atoms with E-state index in [4.69, 9.17) is 0 Å². The van der Waals surface area contributed by atoms with Gasteiger partial charge in [-0.05, 0) is 29.9 Å². The number of hydrogen-bond acceptors (Lipinski definition) is 3. The molecular weight excluding hydrogens is 306 g/mol. The number of rotatable bonds is 7. The lowest BCUT2D eigenvalue weighted by Crippen LogP contribution is -2.27. The normalized spacial score (nSPS) is 15.7. The van der Waals surface area contributed by atoms with Crippen LogP contribution in [0.2, 0.25) is 0 Å². The van der Waals surface area contributed by atoms with Gasteiger partial charge in [-0.2, -0.15) is 5.10 Å². The molecule has 0 bridgehead atoms. The molecule has 5 heteroatoms. The van der Waals surface area contributed by atoms with Crippen molar-refractivity contribution in [1.29, 1.82) is 0 Å². The highest BCUT2D eigenvalue weighted by Crippen LogP contribution is 2.27. The van der Waals surface area contributed by atoms with Crippen molar-refractivity contribution in [3.8, 4) is 10.6 Å². The Labute approximate surface area is 141 Å². The van der Waals surface area contributed by atoms with Gasteiger partial charge in [-0.3, -0.25) is 9.48 Å². The van der Waals surface area contributed by atoms with Crippen molar-refractivity contribution in [3.63, 3.8) is 0 Å². The van der Waals surface area contributed by atoms with E-state index < -0.39 is 0 Å². The van der Waals surface area contributed by atoms with Crippen LogP contribution in [0.15, 0.2) is 29.8 Å². The van der Waals surface area contributed by atoms with Crippen molar-refractivity contribution < 1.29 is 4.79 Å². The van der Waals surface area contributed by atoms with Crippen LogP contribution >= 0.6 is 11.3 Å². The van der Waals surface area contributed by atoms with Gasteiger partial charge in [-0.25, -0.2) is 0 Å². The Balaban J connectivity index is 1.35. The monoisotopic (exact) mass is 331 g/mol. The molecule has 124 valence electrons. The zero-order valence-corrected chi connectivity index (χ0v) is 14.4. The third-order valence-corrected chi connectivity index (χ3v) is 5.47. The second kappa shape index (κ2) is 8.29. The van der Waals surface area contributed by atoms with Crippen LogP contribution < -0.4 is 5.32 Å². The molecule has 23 heavy (non-hydrogen) atoms. The fourth-order valence-corrected chi connectivity index (χ4v) is 3.94. The Kier molecular flexibility index (Phi) is 5.86. The highest BCUT2D eigenvalue weighted by molar-refractivity contribution is 7.13. The van der Waals surface area contributed by atoms with Crippen LogP contribution in [-0.4, -0.2) is 22.2 Å². The van der Waals surface area contributed by atoms with E-state index in [0.29, 0.717) is 13.0 Å². The quantitative estimate of drug-likeness (QED) is 0.830. The van der Waals surface area contributed by atoms with Crippen molar-refractivity contribution in [2.24, 2.45) is 5.92 Å². The summed E-state index contributed by atoms with van der Waals surface area (Å²) < 4.78 is 1.90. The summed E-state index contributed by atoms with van der Waals surface area (Å²) in [6.07, 6.45) is 10.4. The van der Waals surface area contributed by atoms with Crippen LogP contribution in [0, 0.1) is 5.92 Å². The van der Waals surface area contributed by atoms with E-state index in [1.807, 2.05) is 23.0 Å². The first-order valence-corrected chi connectivity index (χ1v) is 9.53. The first-order valence-electron chi connectivity index (χ1n) is 8.65. The Hall–Kier alpha value is -1.62. The molecular formula is C18H25N3OS. The number of nitrogens with one attached hydrogen (secondary N) is 1. The molecule has 1 aliphatic rings. The summed E-state index contributed by atoms with van der Waals surface area (Å²) in [5.74, 6) is 0.954. The van der Waals surface area contributed by atoms with Crippen molar-refractivity contribution in [3.05, 3.63) is 29.8 Å². The van der Waals surface area contributed by atoms with E-state index in [1.165, 1.54) is 37.0 Å². The summed E-state index contributed by atoms with van der Waals surface area (Å²) in [7, 11) is 0. The average molecular weight is 331 g/mol. The predicted octanol–water partition coefficient (Wildman–Crippen LogP) is 4.09. The lowest BCUT2D eigenvalue weighted by molar-refractivity contribution is -0.121. The largest absolute Gasteiger partial charge is 0.354 e. The Morgan fingerprint density at radius 2 is 2.17 bits per heavy atom. The molecule has 1 fully saturated rings. The van der Waals surface area contributed by atoms with Crippen LogP contribution in [0.1, 0.15) is 44.9 Å². The molecule has 0 spiro atoms. The molecule has 3 rings (SSSR count). The molecule has 1 aliphatic carbocycles. The number of thiophene rings is 1. The molecule has 0 unspecified atom stereocenters. The zero-order valence-electron chi connectivity index (χ0n) is 13.5. The Morgan fingerprint density at radius 1 is 1.30 bits per heavy atom. The van der Waals surface area contributed by atoms with Crippen molar-refractivity contribution in [1.82, 2.24) is 15.1 Å². The van der Waals surface area contributed by atoms with E-state index in [9.17, 15) is 4.79 Å². The fourth-order valence-electron chi connectivity index (χ4n) is 3.25. The standard InChI is InChI=1S/C18H25N3OS/c22-18(9-8-15-5-2-1-3-6-15)19-11-13-21-12-10-16(20-21)17-7-4-14-23-17/h4,7,10,12,14-15H,1-3,5-6,8-9,11,13H2,(H,19,22). The van der Waals surface area contributed by atoms with Crippen molar-refractivity contribution in [2.45, 2.75) is 51.5 Å². The number of carbonyl (C=O) groups is 1. The van der Waals surface area contributed by atoms with Gasteiger partial charge in [0.2, 0.25) is 5.91 Å². The molecule has 2 aromatic rings. The minimum absolute atomic E-state index is 0.182. The highest BCUT2D eigenvalue weighted by atomic mass is 32.1. The van der Waals surface area contributed by atoms with Gasteiger partial charge in [0.05, 0.1) is 11.4 Å². The van der Waals surface area contributed by atoms with Crippen LogP contribution in [0.5, 0.6) is 0 Å². The van der Waals surface area contributed by atoms with E-state index in [0.717, 1.165) is 24.6 Å². The first kappa shape index (κ1) is 16.2. The molecule has 2 aromatic heterocycles. The molecule has 1 N–H and O–H groups in total. The number of carbonyl (C=O) groups excluding carboxylic acids is 1. The Morgan fingerprint density at radius 3 is 2.96 bits per heavy atom. The molecule has 0 saturated heterocycles. The molecule has 2 heterocycles. The van der Waals surface area contributed by atoms with Gasteiger partial charge in [0.1, 0.15) is 5.69 Å². The van der Waals surface area contributed by atoms with Gasteiger partial charge in [0.25, 0.3) is 0 Å². The summed E-state index contributed by atoms with van der Waals surface area (Å²) >= 11 is 1.69. The minimum atomic E-state index is 0.182. The van der Waals surface area contributed by atoms with E-state index in [-0.39, 0.29) is 5.91 Å². The summed E-state index contributed by atoms with van der Waals surface area (Å²) in [5.41, 5.74) is 1.00. The average Bonchev–Trinajstić information content (AvgIpc) is 3.25. The molecule has 1 saturated carbocycles. The number of aromatic nitrogens is 2. The third-order valence-electron chi connectivity index (χ3n) is 4.58. The highest BCUT2D eigenvalue weighted by Gasteiger charge is 2.14. The Bertz CT molecular complexity index is 600. The second-order valence-electron chi connectivity index (χ2n) is 6.33. The molecule has 0 radical (unpaired) electrons. The number of nitrogens with zero attached hydrogens (tertiary/aromatic N) is 2. The summed E-state index contributed by atoms with van der Waals surface area (Å²) in [6.45, 7) is 1.37. The van der Waals surface area contributed by atoms with E-state index >= 15 is 0 Å². The van der Waals surface area contributed by atoms with Crippen LogP contribution in [0.4, 0.5) is 0 Å². The molecule has 0 aliphatic heterocycles. The maximum absolute atomic E-state index is 11.9. The summed E-state index contributed by atoms with van der Waals surface area (Å²) in [6, 6.07) is 6.13. The summed E-state index contributed by atoms with van der Waals surface area (Å²) in [4.78, 5) is 13.1. The van der Waals surface area contributed by atoms with Gasteiger partial charge in [-0.1, -0.05) is 38.2 Å². The second-order valence-corrected chi connectivity index (χ2v) is 7.28. The van der Waals surface area contributed by atoms with Gasteiger partial charge >= 0.3 is 0 Å². The van der Waals surface area contributed by atoms with Crippen LogP contribution in [0.3, 0.4) is 0 Å². The van der Waals surface area contributed by atoms with Gasteiger partial charge in [0, 0.05) is 19.2 Å². The first-order chi connectivity index (χ1) is 11.3. The zero-order chi connectivity index (χ0) is 15.9. The van der Waals surface area contributed by atoms with Crippen molar-refractivity contribution >= 4 is 17.2 Å². The SMILES string of the molecule is O=C(CCC1CCCCC1)NCCn1ccc(-c2cccs2)n1. The predicted molar refractivity (Wildman–Crippen MR) is 94.4 cm³/mol. The van der Waals surface area contributed by atoms with Crippen molar-refractivity contribution in [2.75, 3.05) is 6.54 Å². The number of amides is 1. The molecule has 0 aromatic carbocycles. The minimum Gasteiger partial charge on any atom is -0.354 e. The van der Waals surface area contributed by atoms with Crippen LogP contribution in [-0.2, 0) is 11.3 Å². The molecule has 0 atom stereocenters. The third kappa shape index (κ3) is 4.93. The summed E-state index contributed by atoms with van der Waals surface area (Å²) in [5, 5.41) is 9.62. The van der Waals surface area contributed by atoms with Crippen LogP contribution in [0.25, 0.3) is 10.6 Å². The number of hydrogen-bond donors (Lipinski definition) is 1. The molecule has 1 amide bonds. The van der Waals surface area contributed by atoms with Gasteiger partial charge < -0.3 is 5.32 Å². The maximum Gasteiger partial charge on any atom is 0.220 e.